The van der Waals surface area contributed by atoms with Crippen LogP contribution in [0.25, 0.3) is 0 Å². The molecular formula is C14H21N3O2. The van der Waals surface area contributed by atoms with Crippen molar-refractivity contribution in [2.75, 3.05) is 18.1 Å². The third-order valence-corrected chi connectivity index (χ3v) is 3.69. The Balaban J connectivity index is 2.38. The van der Waals surface area contributed by atoms with Gasteiger partial charge in [0.2, 0.25) is 0 Å². The Morgan fingerprint density at radius 1 is 1.32 bits per heavy atom. The Morgan fingerprint density at radius 3 is 2.84 bits per heavy atom. The Bertz CT molecular complexity index is 448. The molecule has 104 valence electrons. The summed E-state index contributed by atoms with van der Waals surface area (Å²) in [7, 11) is 0. The van der Waals surface area contributed by atoms with Crippen LogP contribution in [-0.4, -0.2) is 35.3 Å². The van der Waals surface area contributed by atoms with Gasteiger partial charge in [0.1, 0.15) is 0 Å². The molecule has 0 aromatic heterocycles. The molecule has 2 rings (SSSR count). The van der Waals surface area contributed by atoms with E-state index in [1.807, 2.05) is 24.3 Å². The Morgan fingerprint density at radius 2 is 2.11 bits per heavy atom. The number of aliphatic hydroxyl groups is 1. The molecule has 5 heteroatoms. The SMILES string of the molecule is N/C(=N/O)c1ccccc1N1CCCCCC1CO. The third kappa shape index (κ3) is 2.98. The van der Waals surface area contributed by atoms with Crippen molar-refractivity contribution >= 4 is 11.5 Å². The van der Waals surface area contributed by atoms with Crippen LogP contribution in [0.4, 0.5) is 5.69 Å². The van der Waals surface area contributed by atoms with Crippen molar-refractivity contribution in [1.29, 1.82) is 0 Å². The number of rotatable bonds is 3. The maximum atomic E-state index is 9.58. The zero-order chi connectivity index (χ0) is 13.7. The van der Waals surface area contributed by atoms with E-state index in [2.05, 4.69) is 10.1 Å². The highest BCUT2D eigenvalue weighted by Crippen LogP contribution is 2.27. The lowest BCUT2D eigenvalue weighted by molar-refractivity contribution is 0.255. The fraction of sp³-hybridized carbons (Fsp3) is 0.500. The van der Waals surface area contributed by atoms with E-state index in [1.165, 1.54) is 6.42 Å². The standard InChI is InChI=1S/C14H21N3O2/c15-14(16-19)12-7-3-4-8-13(12)17-9-5-1-2-6-11(17)10-18/h3-4,7-8,11,18-19H,1-2,5-6,9-10H2,(H2,15,16). The highest BCUT2D eigenvalue weighted by atomic mass is 16.4. The number of anilines is 1. The zero-order valence-electron chi connectivity index (χ0n) is 11.0. The summed E-state index contributed by atoms with van der Waals surface area (Å²) in [6, 6.07) is 7.70. The molecule has 1 fully saturated rings. The molecule has 0 saturated carbocycles. The zero-order valence-corrected chi connectivity index (χ0v) is 11.0. The molecule has 5 nitrogen and oxygen atoms in total. The maximum Gasteiger partial charge on any atom is 0.172 e. The van der Waals surface area contributed by atoms with Crippen molar-refractivity contribution in [2.24, 2.45) is 10.9 Å². The number of hydrogen-bond donors (Lipinski definition) is 3. The number of oxime groups is 1. The second-order valence-corrected chi connectivity index (χ2v) is 4.88. The van der Waals surface area contributed by atoms with Crippen LogP contribution in [0.1, 0.15) is 31.2 Å². The van der Waals surface area contributed by atoms with E-state index < -0.39 is 0 Å². The molecule has 0 aliphatic carbocycles. The van der Waals surface area contributed by atoms with Gasteiger partial charge in [-0.15, -0.1) is 0 Å². The highest BCUT2D eigenvalue weighted by Gasteiger charge is 2.23. The Labute approximate surface area is 113 Å². The van der Waals surface area contributed by atoms with Crippen LogP contribution < -0.4 is 10.6 Å². The van der Waals surface area contributed by atoms with E-state index in [1.54, 1.807) is 0 Å². The average molecular weight is 263 g/mol. The van der Waals surface area contributed by atoms with Crippen molar-refractivity contribution in [3.63, 3.8) is 0 Å². The fourth-order valence-electron chi connectivity index (χ4n) is 2.68. The van der Waals surface area contributed by atoms with Crippen molar-refractivity contribution in [3.05, 3.63) is 29.8 Å². The number of benzene rings is 1. The molecule has 1 atom stereocenters. The average Bonchev–Trinajstić information content (AvgIpc) is 2.71. The van der Waals surface area contributed by atoms with E-state index in [0.717, 1.165) is 31.5 Å². The summed E-state index contributed by atoms with van der Waals surface area (Å²) in [5.41, 5.74) is 7.38. The second kappa shape index (κ2) is 6.43. The molecule has 0 spiro atoms. The Kier molecular flexibility index (Phi) is 4.63. The molecule has 0 amide bonds. The summed E-state index contributed by atoms with van der Waals surface area (Å²) in [5.74, 6) is 0.108. The van der Waals surface area contributed by atoms with Crippen LogP contribution in [0, 0.1) is 0 Å². The molecule has 19 heavy (non-hydrogen) atoms. The van der Waals surface area contributed by atoms with Crippen molar-refractivity contribution in [1.82, 2.24) is 0 Å². The van der Waals surface area contributed by atoms with Gasteiger partial charge in [-0.25, -0.2) is 0 Å². The topological polar surface area (TPSA) is 82.1 Å². The monoisotopic (exact) mass is 263 g/mol. The number of para-hydroxylation sites is 1. The van der Waals surface area contributed by atoms with Gasteiger partial charge >= 0.3 is 0 Å². The summed E-state index contributed by atoms with van der Waals surface area (Å²) in [4.78, 5) is 2.18. The van der Waals surface area contributed by atoms with Gasteiger partial charge in [0, 0.05) is 17.8 Å². The first-order valence-corrected chi connectivity index (χ1v) is 6.72. The van der Waals surface area contributed by atoms with Gasteiger partial charge in [-0.05, 0) is 25.0 Å². The van der Waals surface area contributed by atoms with Gasteiger partial charge in [0.25, 0.3) is 0 Å². The van der Waals surface area contributed by atoms with Crippen LogP contribution in [0.3, 0.4) is 0 Å². The highest BCUT2D eigenvalue weighted by molar-refractivity contribution is 6.02. The molecule has 1 saturated heterocycles. The number of amidine groups is 1. The predicted octanol–water partition coefficient (Wildman–Crippen LogP) is 1.52. The smallest absolute Gasteiger partial charge is 0.172 e. The molecule has 1 aliphatic rings. The van der Waals surface area contributed by atoms with Crippen LogP contribution in [0.5, 0.6) is 0 Å². The molecule has 1 aromatic carbocycles. The lowest BCUT2D eigenvalue weighted by atomic mass is 10.1. The van der Waals surface area contributed by atoms with Gasteiger partial charge in [-0.2, -0.15) is 0 Å². The first-order chi connectivity index (χ1) is 9.27. The summed E-state index contributed by atoms with van der Waals surface area (Å²) >= 11 is 0. The quantitative estimate of drug-likeness (QED) is 0.334. The van der Waals surface area contributed by atoms with Gasteiger partial charge in [-0.3, -0.25) is 0 Å². The summed E-state index contributed by atoms with van der Waals surface area (Å²) in [5, 5.41) is 21.6. The van der Waals surface area contributed by atoms with Gasteiger partial charge in [-0.1, -0.05) is 30.1 Å². The Hall–Kier alpha value is -1.75. The number of nitrogens with two attached hydrogens (primary N) is 1. The third-order valence-electron chi connectivity index (χ3n) is 3.69. The molecule has 1 unspecified atom stereocenters. The first-order valence-electron chi connectivity index (χ1n) is 6.72. The van der Waals surface area contributed by atoms with Crippen LogP contribution >= 0.6 is 0 Å². The summed E-state index contributed by atoms with van der Waals surface area (Å²) < 4.78 is 0. The van der Waals surface area contributed by atoms with Crippen LogP contribution in [-0.2, 0) is 0 Å². The first kappa shape index (κ1) is 13.7. The molecule has 0 radical (unpaired) electrons. The molecule has 0 bridgehead atoms. The molecule has 1 aromatic rings. The van der Waals surface area contributed by atoms with E-state index in [4.69, 9.17) is 10.9 Å². The lowest BCUT2D eigenvalue weighted by Crippen LogP contribution is -2.38. The molecule has 4 N–H and O–H groups in total. The largest absolute Gasteiger partial charge is 0.409 e. The molecule has 1 aliphatic heterocycles. The summed E-state index contributed by atoms with van der Waals surface area (Å²) in [6.45, 7) is 1.02. The maximum absolute atomic E-state index is 9.58. The van der Waals surface area contributed by atoms with Gasteiger partial charge < -0.3 is 20.9 Å². The van der Waals surface area contributed by atoms with E-state index in [0.29, 0.717) is 5.56 Å². The van der Waals surface area contributed by atoms with Crippen LogP contribution in [0.2, 0.25) is 0 Å². The lowest BCUT2D eigenvalue weighted by Gasteiger charge is -2.32. The molecular weight excluding hydrogens is 242 g/mol. The minimum Gasteiger partial charge on any atom is -0.409 e. The number of nitrogens with zero attached hydrogens (tertiary/aromatic N) is 2. The minimum absolute atomic E-state index is 0.107. The van der Waals surface area contributed by atoms with Crippen molar-refractivity contribution in [3.8, 4) is 0 Å². The normalized spacial score (nSPS) is 21.2. The van der Waals surface area contributed by atoms with E-state index in [-0.39, 0.29) is 18.5 Å². The molecule has 1 heterocycles. The van der Waals surface area contributed by atoms with Crippen LogP contribution in [0.15, 0.2) is 29.4 Å². The second-order valence-electron chi connectivity index (χ2n) is 4.88. The van der Waals surface area contributed by atoms with Crippen molar-refractivity contribution in [2.45, 2.75) is 31.7 Å². The minimum atomic E-state index is 0.107. The van der Waals surface area contributed by atoms with Gasteiger partial charge in [0.05, 0.1) is 12.6 Å². The predicted molar refractivity (Wildman–Crippen MR) is 75.6 cm³/mol. The van der Waals surface area contributed by atoms with Crippen molar-refractivity contribution < 1.29 is 10.3 Å². The van der Waals surface area contributed by atoms with Gasteiger partial charge in [0.15, 0.2) is 5.84 Å². The number of aliphatic hydroxyl groups excluding tert-OH is 1. The number of hydrogen-bond acceptors (Lipinski definition) is 4. The van der Waals surface area contributed by atoms with E-state index in [9.17, 15) is 5.11 Å². The fourth-order valence-corrected chi connectivity index (χ4v) is 2.68. The van der Waals surface area contributed by atoms with E-state index >= 15 is 0 Å². The summed E-state index contributed by atoms with van der Waals surface area (Å²) in [6.07, 6.45) is 4.38.